The first-order valence-electron chi connectivity index (χ1n) is 11.9. The molecule has 8 heteroatoms. The summed E-state index contributed by atoms with van der Waals surface area (Å²) >= 11 is 7.28. The average molecular weight is 613 g/mol. The van der Waals surface area contributed by atoms with E-state index in [1.165, 1.54) is 30.0 Å². The molecule has 0 fully saturated rings. The van der Waals surface area contributed by atoms with Crippen molar-refractivity contribution in [1.29, 1.82) is 0 Å². The molecular weight excluding hydrogens is 592 g/mol. The average Bonchev–Trinajstić information content (AvgIpc) is 3.41. The lowest BCUT2D eigenvalue weighted by Gasteiger charge is -2.17. The van der Waals surface area contributed by atoms with E-state index in [0.29, 0.717) is 5.82 Å². The van der Waals surface area contributed by atoms with Crippen LogP contribution in [0.2, 0.25) is 0 Å². The minimum atomic E-state index is -0.113. The Morgan fingerprint density at radius 1 is 0.763 bits per heavy atom. The fraction of sp³-hybridized carbons (Fsp3) is 0. The molecule has 7 rings (SSSR count). The predicted molar refractivity (Wildman–Crippen MR) is 165 cm³/mol. The summed E-state index contributed by atoms with van der Waals surface area (Å²) < 4.78 is 0.992. The maximum absolute atomic E-state index is 6.04. The summed E-state index contributed by atoms with van der Waals surface area (Å²) in [5, 5.41) is 9.05. The zero-order chi connectivity index (χ0) is 25.6. The highest BCUT2D eigenvalue weighted by Crippen LogP contribution is 2.53. The molecule has 0 aliphatic carbocycles. The van der Waals surface area contributed by atoms with Crippen molar-refractivity contribution in [1.82, 2.24) is 9.97 Å². The van der Waals surface area contributed by atoms with Gasteiger partial charge in [-0.25, -0.2) is 4.98 Å². The van der Waals surface area contributed by atoms with Crippen LogP contribution in [0.1, 0.15) is 0 Å². The second-order valence-electron chi connectivity index (χ2n) is 8.78. The van der Waals surface area contributed by atoms with Crippen molar-refractivity contribution >= 4 is 78.3 Å². The van der Waals surface area contributed by atoms with E-state index in [-0.39, 0.29) is 16.4 Å². The van der Waals surface area contributed by atoms with Gasteiger partial charge in [0.15, 0.2) is 10.3 Å². The number of benzene rings is 4. The van der Waals surface area contributed by atoms with E-state index in [4.69, 9.17) is 5.73 Å². The maximum atomic E-state index is 6.04. The Balaban J connectivity index is 1.26. The number of thiophene rings is 1. The molecule has 1 unspecified atom stereocenters. The lowest BCUT2D eigenvalue weighted by atomic mass is 10.1. The molecule has 1 aliphatic rings. The molecule has 0 amide bonds. The number of halogens is 1. The van der Waals surface area contributed by atoms with E-state index < -0.39 is 0 Å². The summed E-state index contributed by atoms with van der Waals surface area (Å²) in [6.45, 7) is 0. The highest BCUT2D eigenvalue weighted by atomic mass is 79.9. The number of nitrogens with one attached hydrogen (secondary N) is 1. The van der Waals surface area contributed by atoms with E-state index >= 15 is 0 Å². The Morgan fingerprint density at radius 3 is 2.45 bits per heavy atom. The Bertz CT molecular complexity index is 1850. The van der Waals surface area contributed by atoms with Gasteiger partial charge in [-0.1, -0.05) is 69.8 Å². The van der Waals surface area contributed by atoms with Crippen LogP contribution in [0.4, 0.5) is 17.5 Å². The highest BCUT2D eigenvalue weighted by molar-refractivity contribution is 9.10. The van der Waals surface area contributed by atoms with E-state index in [1.54, 1.807) is 0 Å². The van der Waals surface area contributed by atoms with E-state index in [9.17, 15) is 0 Å². The quantitative estimate of drug-likeness (QED) is 0.193. The van der Waals surface area contributed by atoms with Crippen molar-refractivity contribution in [3.05, 3.63) is 106 Å². The number of nitrogens with zero attached hydrogens (tertiary/aromatic N) is 2. The van der Waals surface area contributed by atoms with Crippen molar-refractivity contribution in [3.63, 3.8) is 0 Å². The molecule has 184 valence electrons. The number of nitrogens with two attached hydrogens (primary N) is 1. The van der Waals surface area contributed by atoms with Crippen LogP contribution in [0.5, 0.6) is 0 Å². The van der Waals surface area contributed by atoms with Gasteiger partial charge in [-0.2, -0.15) is 4.98 Å². The summed E-state index contributed by atoms with van der Waals surface area (Å²) in [4.78, 5) is 15.7. The number of rotatable bonds is 4. The molecule has 2 aromatic heterocycles. The zero-order valence-corrected chi connectivity index (χ0v) is 23.9. The van der Waals surface area contributed by atoms with Crippen LogP contribution in [-0.2, 0) is 0 Å². The molecule has 6 aromatic rings. The van der Waals surface area contributed by atoms with Crippen LogP contribution in [0.3, 0.4) is 0 Å². The summed E-state index contributed by atoms with van der Waals surface area (Å²) in [6, 6.07) is 31.8. The van der Waals surface area contributed by atoms with E-state index in [1.807, 2.05) is 53.9 Å². The molecule has 4 nitrogen and oxygen atoms in total. The molecule has 3 heterocycles. The van der Waals surface area contributed by atoms with Crippen molar-refractivity contribution in [3.8, 4) is 16.0 Å². The molecule has 38 heavy (non-hydrogen) atoms. The SMILES string of the molecule is Nc1nc(Nc2cccc(Br)c2)c2cc(-c3cc[s+](-c4cccc5c4Sc4ccccc4S5)c3)ccc2n1. The predicted octanol–water partition coefficient (Wildman–Crippen LogP) is 9.74. The molecule has 1 atom stereocenters. The van der Waals surface area contributed by atoms with Crippen molar-refractivity contribution in [2.45, 2.75) is 19.6 Å². The number of nitrogen functional groups attached to an aromatic ring is 1. The van der Waals surface area contributed by atoms with Gasteiger partial charge in [0.25, 0.3) is 0 Å². The number of hydrogen-bond acceptors (Lipinski definition) is 6. The first kappa shape index (κ1) is 23.8. The first-order valence-corrected chi connectivity index (χ1v) is 15.7. The van der Waals surface area contributed by atoms with Gasteiger partial charge in [0.2, 0.25) is 5.95 Å². The van der Waals surface area contributed by atoms with Crippen LogP contribution in [0.25, 0.3) is 26.9 Å². The Hall–Kier alpha value is -3.30. The van der Waals surface area contributed by atoms with Gasteiger partial charge in [-0.15, -0.1) is 0 Å². The van der Waals surface area contributed by atoms with Crippen molar-refractivity contribution in [2.75, 3.05) is 11.1 Å². The Kier molecular flexibility index (Phi) is 6.12. The number of anilines is 3. The topological polar surface area (TPSA) is 63.8 Å². The van der Waals surface area contributed by atoms with Gasteiger partial charge in [0.05, 0.1) is 10.4 Å². The van der Waals surface area contributed by atoms with Crippen LogP contribution in [0, 0.1) is 0 Å². The van der Waals surface area contributed by atoms with Crippen molar-refractivity contribution in [2.24, 2.45) is 0 Å². The second kappa shape index (κ2) is 9.78. The fourth-order valence-corrected chi connectivity index (χ4v) is 9.34. The lowest BCUT2D eigenvalue weighted by Crippen LogP contribution is -2.01. The number of fused-ring (bicyclic) bond motifs is 3. The van der Waals surface area contributed by atoms with Crippen LogP contribution >= 0.6 is 49.9 Å². The third-order valence-electron chi connectivity index (χ3n) is 6.26. The number of hydrogen-bond donors (Lipinski definition) is 2. The number of aromatic nitrogens is 2. The monoisotopic (exact) mass is 611 g/mol. The normalized spacial score (nSPS) is 12.7. The first-order chi connectivity index (χ1) is 18.6. The largest absolute Gasteiger partial charge is 0.368 e. The molecule has 0 bridgehead atoms. The van der Waals surface area contributed by atoms with Gasteiger partial charge in [0.1, 0.15) is 11.2 Å². The van der Waals surface area contributed by atoms with Crippen LogP contribution < -0.4 is 11.1 Å². The smallest absolute Gasteiger partial charge is 0.222 e. The van der Waals surface area contributed by atoms with Gasteiger partial charge < -0.3 is 11.1 Å². The third kappa shape index (κ3) is 4.47. The lowest BCUT2D eigenvalue weighted by molar-refractivity contribution is 1.17. The molecule has 4 aromatic carbocycles. The molecule has 0 saturated heterocycles. The molecule has 3 N–H and O–H groups in total. The van der Waals surface area contributed by atoms with Gasteiger partial charge in [-0.3, -0.25) is 0 Å². The third-order valence-corrected chi connectivity index (χ3v) is 11.3. The van der Waals surface area contributed by atoms with Gasteiger partial charge in [-0.05, 0) is 60.2 Å². The van der Waals surface area contributed by atoms with E-state index in [0.717, 1.165) is 26.6 Å². The van der Waals surface area contributed by atoms with Crippen LogP contribution in [0.15, 0.2) is 126 Å². The summed E-state index contributed by atoms with van der Waals surface area (Å²) in [6.07, 6.45) is 0. The molecular formula is C30H20BrN4S3+. The Morgan fingerprint density at radius 2 is 1.58 bits per heavy atom. The summed E-state index contributed by atoms with van der Waals surface area (Å²) in [5.74, 6) is 0.938. The van der Waals surface area contributed by atoms with E-state index in [2.05, 4.69) is 103 Å². The fourth-order valence-electron chi connectivity index (χ4n) is 4.50. The van der Waals surface area contributed by atoms with Crippen molar-refractivity contribution < 1.29 is 0 Å². The van der Waals surface area contributed by atoms with Gasteiger partial charge >= 0.3 is 0 Å². The minimum Gasteiger partial charge on any atom is -0.368 e. The second-order valence-corrected chi connectivity index (χ2v) is 13.5. The Labute approximate surface area is 239 Å². The highest BCUT2D eigenvalue weighted by Gasteiger charge is 2.25. The minimum absolute atomic E-state index is 0.113. The van der Waals surface area contributed by atoms with Crippen LogP contribution in [-0.4, -0.2) is 9.97 Å². The maximum Gasteiger partial charge on any atom is 0.222 e. The standard InChI is InChI=1S/C30H20BrN4S3/c31-20-5-3-6-21(16-20)33-29-22-15-18(11-12-23(22)34-30(32)35-29)19-13-14-38(17-19)27-10-4-9-26-28(27)37-25-8-2-1-7-24(25)36-26/h1-17H,(H3,32,33,34,35)/q+1. The molecule has 0 radical (unpaired) electrons. The molecule has 0 saturated carbocycles. The molecule has 0 spiro atoms. The summed E-state index contributed by atoms with van der Waals surface area (Å²) in [5.41, 5.74) is 10.1. The zero-order valence-electron chi connectivity index (χ0n) is 19.9. The molecule has 1 aliphatic heterocycles. The van der Waals surface area contributed by atoms with Gasteiger partial charge in [0, 0.05) is 52.3 Å². The summed E-state index contributed by atoms with van der Waals surface area (Å²) in [7, 11) is -0.113.